The lowest BCUT2D eigenvalue weighted by molar-refractivity contribution is 0.0367. The van der Waals surface area contributed by atoms with Gasteiger partial charge in [0, 0.05) is 26.2 Å². The van der Waals surface area contributed by atoms with Crippen LogP contribution in [0.5, 0.6) is 0 Å². The fraction of sp³-hybridized carbons (Fsp3) is 1.00. The number of fused-ring (bicyclic) bond motifs is 1. The van der Waals surface area contributed by atoms with Gasteiger partial charge in [-0.2, -0.15) is 0 Å². The summed E-state index contributed by atoms with van der Waals surface area (Å²) in [6, 6.07) is 0.868. The van der Waals surface area contributed by atoms with E-state index in [1.165, 1.54) is 51.6 Å². The monoisotopic (exact) mass is 240 g/mol. The minimum atomic E-state index is 0.249. The molecule has 0 aromatic carbocycles. The van der Waals surface area contributed by atoms with Gasteiger partial charge in [-0.05, 0) is 44.6 Å². The van der Waals surface area contributed by atoms with Crippen molar-refractivity contribution in [3.05, 3.63) is 0 Å². The molecule has 2 aliphatic rings. The molecule has 1 aliphatic carbocycles. The highest BCUT2D eigenvalue weighted by molar-refractivity contribution is 4.87. The van der Waals surface area contributed by atoms with Crippen molar-refractivity contribution in [1.82, 2.24) is 4.90 Å². The van der Waals surface area contributed by atoms with E-state index in [1.807, 2.05) is 0 Å². The van der Waals surface area contributed by atoms with Crippen molar-refractivity contribution in [3.63, 3.8) is 0 Å². The van der Waals surface area contributed by atoms with E-state index in [0.717, 1.165) is 18.4 Å². The number of ether oxygens (including phenoxy) is 1. The normalized spacial score (nSPS) is 32.1. The molecule has 1 saturated carbocycles. The Hall–Kier alpha value is -0.120. The minimum absolute atomic E-state index is 0.249. The number of likely N-dealkylation sites (tertiary alicyclic amines) is 1. The van der Waals surface area contributed by atoms with Crippen LogP contribution in [-0.2, 0) is 4.74 Å². The van der Waals surface area contributed by atoms with Crippen molar-refractivity contribution in [1.29, 1.82) is 0 Å². The van der Waals surface area contributed by atoms with E-state index < -0.39 is 0 Å². The van der Waals surface area contributed by atoms with E-state index in [4.69, 9.17) is 10.5 Å². The van der Waals surface area contributed by atoms with Crippen LogP contribution in [0.25, 0.3) is 0 Å². The smallest absolute Gasteiger partial charge is 0.0705 e. The fourth-order valence-electron chi connectivity index (χ4n) is 3.65. The van der Waals surface area contributed by atoms with Gasteiger partial charge in [0.05, 0.1) is 6.10 Å². The Balaban J connectivity index is 1.82. The van der Waals surface area contributed by atoms with Gasteiger partial charge in [0.2, 0.25) is 0 Å². The molecule has 3 atom stereocenters. The first-order valence-corrected chi connectivity index (χ1v) is 7.32. The van der Waals surface area contributed by atoms with Crippen molar-refractivity contribution >= 4 is 0 Å². The quantitative estimate of drug-likeness (QED) is 0.799. The lowest BCUT2D eigenvalue weighted by Crippen LogP contribution is -2.47. The molecule has 0 spiro atoms. The van der Waals surface area contributed by atoms with Gasteiger partial charge in [-0.1, -0.05) is 12.8 Å². The van der Waals surface area contributed by atoms with Gasteiger partial charge in [0.15, 0.2) is 0 Å². The summed E-state index contributed by atoms with van der Waals surface area (Å²) < 4.78 is 5.37. The molecule has 100 valence electrons. The SMILES string of the molecule is COC(CN)CCN1CCCC2CCCCC21. The largest absolute Gasteiger partial charge is 0.380 e. The number of hydrogen-bond acceptors (Lipinski definition) is 3. The Labute approximate surface area is 106 Å². The van der Waals surface area contributed by atoms with Crippen molar-refractivity contribution in [3.8, 4) is 0 Å². The number of rotatable bonds is 5. The van der Waals surface area contributed by atoms with Crippen LogP contribution in [0.3, 0.4) is 0 Å². The third-order valence-corrected chi connectivity index (χ3v) is 4.69. The highest BCUT2D eigenvalue weighted by Crippen LogP contribution is 2.35. The summed E-state index contributed by atoms with van der Waals surface area (Å²) in [6.07, 6.45) is 9.97. The zero-order valence-corrected chi connectivity index (χ0v) is 11.2. The molecule has 3 unspecified atom stereocenters. The number of piperidine rings is 1. The molecule has 1 saturated heterocycles. The molecular weight excluding hydrogens is 212 g/mol. The van der Waals surface area contributed by atoms with E-state index in [1.54, 1.807) is 7.11 Å². The van der Waals surface area contributed by atoms with E-state index in [0.29, 0.717) is 6.54 Å². The Morgan fingerprint density at radius 2 is 2.00 bits per heavy atom. The van der Waals surface area contributed by atoms with E-state index in [2.05, 4.69) is 4.90 Å². The first kappa shape index (κ1) is 13.3. The first-order valence-electron chi connectivity index (χ1n) is 7.32. The Morgan fingerprint density at radius 3 is 2.76 bits per heavy atom. The van der Waals surface area contributed by atoms with Gasteiger partial charge in [-0.15, -0.1) is 0 Å². The number of hydrogen-bond donors (Lipinski definition) is 1. The molecule has 0 aromatic rings. The maximum Gasteiger partial charge on any atom is 0.0705 e. The summed E-state index contributed by atoms with van der Waals surface area (Å²) in [5, 5.41) is 0. The van der Waals surface area contributed by atoms with Crippen LogP contribution in [0.15, 0.2) is 0 Å². The van der Waals surface area contributed by atoms with Crippen LogP contribution in [0, 0.1) is 5.92 Å². The van der Waals surface area contributed by atoms with Crippen molar-refractivity contribution in [2.24, 2.45) is 11.7 Å². The highest BCUT2D eigenvalue weighted by atomic mass is 16.5. The molecule has 17 heavy (non-hydrogen) atoms. The number of nitrogens with zero attached hydrogens (tertiary/aromatic N) is 1. The molecule has 2 N–H and O–H groups in total. The van der Waals surface area contributed by atoms with Gasteiger partial charge in [0.1, 0.15) is 0 Å². The lowest BCUT2D eigenvalue weighted by Gasteiger charge is -2.44. The summed E-state index contributed by atoms with van der Waals surface area (Å²) in [5.74, 6) is 0.983. The molecule has 1 heterocycles. The first-order chi connectivity index (χ1) is 8.35. The molecule has 0 bridgehead atoms. The zero-order valence-electron chi connectivity index (χ0n) is 11.2. The van der Waals surface area contributed by atoms with Crippen LogP contribution in [0.2, 0.25) is 0 Å². The Morgan fingerprint density at radius 1 is 1.24 bits per heavy atom. The molecule has 3 nitrogen and oxygen atoms in total. The summed E-state index contributed by atoms with van der Waals surface area (Å²) >= 11 is 0. The summed E-state index contributed by atoms with van der Waals surface area (Å²) in [4.78, 5) is 2.72. The second-order valence-corrected chi connectivity index (χ2v) is 5.67. The molecule has 3 heteroatoms. The third-order valence-electron chi connectivity index (χ3n) is 4.69. The van der Waals surface area contributed by atoms with Gasteiger partial charge in [-0.3, -0.25) is 0 Å². The van der Waals surface area contributed by atoms with Gasteiger partial charge < -0.3 is 15.4 Å². The maximum atomic E-state index is 5.69. The number of nitrogens with two attached hydrogens (primary N) is 1. The highest BCUT2D eigenvalue weighted by Gasteiger charge is 2.32. The van der Waals surface area contributed by atoms with Crippen LogP contribution < -0.4 is 5.73 Å². The van der Waals surface area contributed by atoms with Crippen molar-refractivity contribution in [2.45, 2.75) is 57.1 Å². The van der Waals surface area contributed by atoms with Crippen LogP contribution in [0.1, 0.15) is 44.9 Å². The Bertz CT molecular complexity index is 216. The standard InChI is InChI=1S/C14H28N2O/c1-17-13(11-15)8-10-16-9-4-6-12-5-2-3-7-14(12)16/h12-14H,2-11,15H2,1H3. The maximum absolute atomic E-state index is 5.69. The summed E-state index contributed by atoms with van der Waals surface area (Å²) in [5.41, 5.74) is 5.69. The molecule has 1 aliphatic heterocycles. The molecule has 0 aromatic heterocycles. The van der Waals surface area contributed by atoms with Crippen LogP contribution in [0.4, 0.5) is 0 Å². The average Bonchev–Trinajstić information content (AvgIpc) is 2.40. The molecular formula is C14H28N2O. The zero-order chi connectivity index (χ0) is 12.1. The molecule has 0 radical (unpaired) electrons. The molecule has 2 rings (SSSR count). The van der Waals surface area contributed by atoms with Crippen molar-refractivity contribution in [2.75, 3.05) is 26.7 Å². The van der Waals surface area contributed by atoms with E-state index in [9.17, 15) is 0 Å². The minimum Gasteiger partial charge on any atom is -0.380 e. The summed E-state index contributed by atoms with van der Waals surface area (Å²) in [6.45, 7) is 3.12. The molecule has 0 amide bonds. The van der Waals surface area contributed by atoms with E-state index in [-0.39, 0.29) is 6.10 Å². The average molecular weight is 240 g/mol. The second kappa shape index (κ2) is 6.72. The van der Waals surface area contributed by atoms with E-state index >= 15 is 0 Å². The van der Waals surface area contributed by atoms with Gasteiger partial charge >= 0.3 is 0 Å². The fourth-order valence-corrected chi connectivity index (χ4v) is 3.65. The van der Waals surface area contributed by atoms with Crippen LogP contribution in [-0.4, -0.2) is 43.8 Å². The van der Waals surface area contributed by atoms with Crippen molar-refractivity contribution < 1.29 is 4.74 Å². The predicted octanol–water partition coefficient (Wildman–Crippen LogP) is 2.00. The van der Waals surface area contributed by atoms with Gasteiger partial charge in [0.25, 0.3) is 0 Å². The number of methoxy groups -OCH3 is 1. The molecule has 2 fully saturated rings. The summed E-state index contributed by atoms with van der Waals surface area (Å²) in [7, 11) is 1.77. The predicted molar refractivity (Wildman–Crippen MR) is 71.0 cm³/mol. The topological polar surface area (TPSA) is 38.5 Å². The third kappa shape index (κ3) is 3.43. The Kier molecular flexibility index (Phi) is 5.26. The second-order valence-electron chi connectivity index (χ2n) is 5.67. The van der Waals surface area contributed by atoms with Crippen LogP contribution >= 0.6 is 0 Å². The van der Waals surface area contributed by atoms with Gasteiger partial charge in [-0.25, -0.2) is 0 Å². The lowest BCUT2D eigenvalue weighted by atomic mass is 9.78.